The Morgan fingerprint density at radius 3 is 1.87 bits per heavy atom. The van der Waals surface area contributed by atoms with Crippen molar-refractivity contribution >= 4 is 49.5 Å². The number of anilines is 2. The lowest BCUT2D eigenvalue weighted by molar-refractivity contribution is 0.493. The summed E-state index contributed by atoms with van der Waals surface area (Å²) >= 11 is 0. The zero-order valence-corrected chi connectivity index (χ0v) is 38.5. The van der Waals surface area contributed by atoms with E-state index in [0.29, 0.717) is 5.92 Å². The van der Waals surface area contributed by atoms with Gasteiger partial charge in [-0.15, -0.1) is 0 Å². The van der Waals surface area contributed by atoms with Crippen molar-refractivity contribution in [3.8, 4) is 44.5 Å². The highest BCUT2D eigenvalue weighted by atomic mass is 15.0. The molecule has 1 aromatic heterocycles. The summed E-state index contributed by atoms with van der Waals surface area (Å²) in [6, 6.07) is 77.5. The fourth-order valence-corrected chi connectivity index (χ4v) is 10.8. The van der Waals surface area contributed by atoms with E-state index in [2.05, 4.69) is 266 Å². The highest BCUT2D eigenvalue weighted by molar-refractivity contribution is 6.21. The molecule has 0 spiro atoms. The molecule has 1 N–H and O–H groups in total. The molecule has 0 radical (unpaired) electrons. The van der Waals surface area contributed by atoms with Gasteiger partial charge in [0, 0.05) is 33.6 Å². The summed E-state index contributed by atoms with van der Waals surface area (Å²) in [5.74, 6) is 0.721. The van der Waals surface area contributed by atoms with Gasteiger partial charge in [-0.05, 0) is 115 Å². The van der Waals surface area contributed by atoms with Crippen LogP contribution >= 0.6 is 0 Å². The average Bonchev–Trinajstić information content (AvgIpc) is 3.73. The predicted molar refractivity (Wildman–Crippen MR) is 290 cm³/mol. The largest absolute Gasteiger partial charge is 0.355 e. The Balaban J connectivity index is 1.01. The van der Waals surface area contributed by atoms with Crippen LogP contribution in [0.25, 0.3) is 82.7 Å². The van der Waals surface area contributed by atoms with Crippen molar-refractivity contribution in [2.24, 2.45) is 11.8 Å². The first-order valence-corrected chi connectivity index (χ1v) is 24.1. The summed E-state index contributed by atoms with van der Waals surface area (Å²) < 4.78 is 2.65. The van der Waals surface area contributed by atoms with Crippen LogP contribution < -0.4 is 5.32 Å². The molecule has 12 rings (SSSR count). The Labute approximate surface area is 399 Å². The zero-order valence-electron chi connectivity index (χ0n) is 38.5. The van der Waals surface area contributed by atoms with E-state index >= 15 is 0 Å². The standard InChI is InChI=1S/C66H52N2/c1-44-26-28-51(29-27-44)60-41-54(47-30-32-52(33-31-47)61-40-53(46-16-6-3-7-17-46)34-37-56(61)48-18-8-4-9-19-48)42-64(45(60)2)68-63-39-35-50-22-12-13-24-58(50)66(63)59-38-36-55(43-65(59)68)67-62-25-15-14-23-57(62)49-20-10-5-11-21-49/h3-26,28-45,64,67H,27H2,1-2H3. The van der Waals surface area contributed by atoms with Crippen LogP contribution in [0.4, 0.5) is 11.4 Å². The normalized spacial score (nSPS) is 17.0. The molecule has 2 aliphatic carbocycles. The maximum atomic E-state index is 3.87. The Hall–Kier alpha value is -8.20. The molecule has 9 aromatic carbocycles. The summed E-state index contributed by atoms with van der Waals surface area (Å²) in [6.07, 6.45) is 13.3. The van der Waals surface area contributed by atoms with Gasteiger partial charge in [0.15, 0.2) is 0 Å². The molecule has 3 unspecified atom stereocenters. The zero-order chi connectivity index (χ0) is 45.6. The van der Waals surface area contributed by atoms with Crippen molar-refractivity contribution < 1.29 is 0 Å². The molecule has 0 bridgehead atoms. The molecule has 0 amide bonds. The summed E-state index contributed by atoms with van der Waals surface area (Å²) in [7, 11) is 0. The summed E-state index contributed by atoms with van der Waals surface area (Å²) in [5, 5.41) is 8.97. The van der Waals surface area contributed by atoms with E-state index < -0.39 is 0 Å². The third kappa shape index (κ3) is 7.58. The van der Waals surface area contributed by atoms with Crippen LogP contribution in [0.1, 0.15) is 31.9 Å². The fraction of sp³-hybridized carbons (Fsp3) is 0.0909. The average molecular weight is 873 g/mol. The maximum absolute atomic E-state index is 3.87. The van der Waals surface area contributed by atoms with Crippen LogP contribution in [0.5, 0.6) is 0 Å². The fourth-order valence-electron chi connectivity index (χ4n) is 10.8. The van der Waals surface area contributed by atoms with Crippen molar-refractivity contribution in [2.45, 2.75) is 26.3 Å². The Bertz CT molecular complexity index is 3620. The van der Waals surface area contributed by atoms with Gasteiger partial charge in [-0.3, -0.25) is 0 Å². The van der Waals surface area contributed by atoms with E-state index in [1.807, 2.05) is 0 Å². The van der Waals surface area contributed by atoms with Gasteiger partial charge >= 0.3 is 0 Å². The van der Waals surface area contributed by atoms with Crippen molar-refractivity contribution in [1.29, 1.82) is 0 Å². The summed E-state index contributed by atoms with van der Waals surface area (Å²) in [5.41, 5.74) is 19.4. The first kappa shape index (κ1) is 41.2. The third-order valence-corrected chi connectivity index (χ3v) is 14.3. The molecular weight excluding hydrogens is 821 g/mol. The second-order valence-corrected chi connectivity index (χ2v) is 18.6. The van der Waals surface area contributed by atoms with Gasteiger partial charge in [0.25, 0.3) is 0 Å². The number of aromatic nitrogens is 1. The number of para-hydroxylation sites is 1. The highest BCUT2D eigenvalue weighted by Gasteiger charge is 2.31. The number of fused-ring (bicyclic) bond motifs is 5. The minimum absolute atomic E-state index is 0.0265. The van der Waals surface area contributed by atoms with Crippen LogP contribution in [0.15, 0.2) is 254 Å². The molecule has 0 saturated heterocycles. The van der Waals surface area contributed by atoms with Gasteiger partial charge in [-0.25, -0.2) is 0 Å². The molecule has 0 aliphatic heterocycles. The number of nitrogens with one attached hydrogen (secondary N) is 1. The molecule has 1 heterocycles. The van der Waals surface area contributed by atoms with E-state index in [9.17, 15) is 0 Å². The molecule has 10 aromatic rings. The Morgan fingerprint density at radius 1 is 0.471 bits per heavy atom. The number of nitrogens with zero attached hydrogens (tertiary/aromatic N) is 1. The van der Waals surface area contributed by atoms with Crippen molar-refractivity contribution in [3.63, 3.8) is 0 Å². The van der Waals surface area contributed by atoms with Crippen LogP contribution in [0, 0.1) is 11.8 Å². The molecular formula is C66H52N2. The first-order chi connectivity index (χ1) is 33.5. The lowest BCUT2D eigenvalue weighted by Crippen LogP contribution is -2.21. The second-order valence-electron chi connectivity index (χ2n) is 18.6. The van der Waals surface area contributed by atoms with Crippen LogP contribution in [-0.2, 0) is 0 Å². The summed E-state index contributed by atoms with van der Waals surface area (Å²) in [6.45, 7) is 4.74. The molecule has 0 fully saturated rings. The van der Waals surface area contributed by atoms with E-state index in [-0.39, 0.29) is 12.0 Å². The van der Waals surface area contributed by atoms with Gasteiger partial charge in [-0.2, -0.15) is 0 Å². The number of allylic oxidation sites excluding steroid dienone is 8. The maximum Gasteiger partial charge on any atom is 0.0597 e. The number of hydrogen-bond acceptors (Lipinski definition) is 1. The molecule has 68 heavy (non-hydrogen) atoms. The van der Waals surface area contributed by atoms with E-state index in [1.54, 1.807) is 0 Å². The summed E-state index contributed by atoms with van der Waals surface area (Å²) in [4.78, 5) is 0. The van der Waals surface area contributed by atoms with Crippen LogP contribution in [-0.4, -0.2) is 4.57 Å². The topological polar surface area (TPSA) is 17.0 Å². The molecule has 2 heteroatoms. The van der Waals surface area contributed by atoms with E-state index in [1.165, 1.54) is 99.4 Å². The minimum atomic E-state index is 0.0265. The van der Waals surface area contributed by atoms with E-state index in [4.69, 9.17) is 0 Å². The van der Waals surface area contributed by atoms with Crippen molar-refractivity contribution in [2.75, 3.05) is 5.32 Å². The predicted octanol–water partition coefficient (Wildman–Crippen LogP) is 18.1. The number of benzene rings is 9. The van der Waals surface area contributed by atoms with Gasteiger partial charge in [0.1, 0.15) is 0 Å². The molecule has 2 aliphatic rings. The minimum Gasteiger partial charge on any atom is -0.355 e. The Morgan fingerprint density at radius 2 is 1.12 bits per heavy atom. The lowest BCUT2D eigenvalue weighted by atomic mass is 9.78. The van der Waals surface area contributed by atoms with E-state index in [0.717, 1.165) is 17.8 Å². The smallest absolute Gasteiger partial charge is 0.0597 e. The molecule has 2 nitrogen and oxygen atoms in total. The van der Waals surface area contributed by atoms with Gasteiger partial charge < -0.3 is 9.88 Å². The highest BCUT2D eigenvalue weighted by Crippen LogP contribution is 2.47. The van der Waals surface area contributed by atoms with Gasteiger partial charge in [0.2, 0.25) is 0 Å². The monoisotopic (exact) mass is 872 g/mol. The van der Waals surface area contributed by atoms with Crippen LogP contribution in [0.2, 0.25) is 0 Å². The van der Waals surface area contributed by atoms with Crippen LogP contribution in [0.3, 0.4) is 0 Å². The molecule has 3 atom stereocenters. The third-order valence-electron chi connectivity index (χ3n) is 14.3. The lowest BCUT2D eigenvalue weighted by Gasteiger charge is -2.33. The SMILES string of the molecule is CC1C=CC(C2=CC(c3ccc(-c4cc(-c5ccccc5)ccc4-c4ccccc4)cc3)=CC(n3c4cc(Nc5ccccc5-c5ccccc5)ccc4c4c5ccccc5ccc43)C2C)=CC1. The van der Waals surface area contributed by atoms with Gasteiger partial charge in [-0.1, -0.05) is 226 Å². The van der Waals surface area contributed by atoms with Crippen molar-refractivity contribution in [3.05, 3.63) is 259 Å². The number of hydrogen-bond donors (Lipinski definition) is 1. The van der Waals surface area contributed by atoms with Crippen molar-refractivity contribution in [1.82, 2.24) is 4.57 Å². The first-order valence-electron chi connectivity index (χ1n) is 24.1. The number of rotatable bonds is 9. The molecule has 326 valence electrons. The Kier molecular flexibility index (Phi) is 10.6. The molecule has 0 saturated carbocycles. The van der Waals surface area contributed by atoms with Gasteiger partial charge in [0.05, 0.1) is 17.1 Å². The quantitative estimate of drug-likeness (QED) is 0.153. The second kappa shape index (κ2) is 17.5.